The minimum Gasteiger partial charge on any atom is -0.439 e. The average Bonchev–Trinajstić information content (AvgIpc) is 2.72. The van der Waals surface area contributed by atoms with Gasteiger partial charge in [0.1, 0.15) is 11.6 Å². The van der Waals surface area contributed by atoms with Crippen molar-refractivity contribution in [1.82, 2.24) is 4.98 Å². The van der Waals surface area contributed by atoms with Crippen LogP contribution in [0.2, 0.25) is 5.02 Å². The second kappa shape index (κ2) is 9.32. The van der Waals surface area contributed by atoms with Crippen LogP contribution in [0.25, 0.3) is 0 Å². The van der Waals surface area contributed by atoms with Gasteiger partial charge in [-0.15, -0.1) is 0 Å². The standard InChI is InChI=1S/C21H16ClF4N3O2/c22-16-7-4-14(10-17(16)23)29-20(30)18(27)9-12-1-5-15(6-2-12)31-19-8-3-13(11-28-19)21(24,25)26/h1-8,10-11,18H,9,27H2,(H,29,30)/t18-/m0/s1. The van der Waals surface area contributed by atoms with Crippen molar-refractivity contribution >= 4 is 23.2 Å². The first-order chi connectivity index (χ1) is 14.6. The summed E-state index contributed by atoms with van der Waals surface area (Å²) in [5, 5.41) is 2.45. The third-order valence-electron chi connectivity index (χ3n) is 4.19. The van der Waals surface area contributed by atoms with Crippen molar-refractivity contribution in [2.45, 2.75) is 18.6 Å². The lowest BCUT2D eigenvalue weighted by molar-refractivity contribution is -0.137. The van der Waals surface area contributed by atoms with Crippen molar-refractivity contribution in [1.29, 1.82) is 0 Å². The highest BCUT2D eigenvalue weighted by Gasteiger charge is 2.30. The van der Waals surface area contributed by atoms with Crippen LogP contribution < -0.4 is 15.8 Å². The highest BCUT2D eigenvalue weighted by Crippen LogP contribution is 2.30. The van der Waals surface area contributed by atoms with E-state index in [-0.39, 0.29) is 23.0 Å². The zero-order chi connectivity index (χ0) is 22.6. The van der Waals surface area contributed by atoms with Crippen molar-refractivity contribution in [3.8, 4) is 11.6 Å². The predicted octanol–water partition coefficient (Wildman–Crippen LogP) is 5.19. The molecule has 2 aromatic carbocycles. The molecule has 31 heavy (non-hydrogen) atoms. The van der Waals surface area contributed by atoms with E-state index in [1.807, 2.05) is 0 Å². The van der Waals surface area contributed by atoms with Gasteiger partial charge in [-0.25, -0.2) is 9.37 Å². The molecular formula is C21H16ClF4N3O2. The van der Waals surface area contributed by atoms with Gasteiger partial charge < -0.3 is 15.8 Å². The molecule has 0 aliphatic heterocycles. The van der Waals surface area contributed by atoms with Crippen LogP contribution in [0, 0.1) is 5.82 Å². The Hall–Kier alpha value is -3.17. The van der Waals surface area contributed by atoms with Gasteiger partial charge in [0.15, 0.2) is 0 Å². The number of nitrogens with two attached hydrogens (primary N) is 1. The Morgan fingerprint density at radius 1 is 1.13 bits per heavy atom. The van der Waals surface area contributed by atoms with E-state index < -0.39 is 29.5 Å². The minimum atomic E-state index is -4.47. The number of halogens is 5. The minimum absolute atomic E-state index is 0.00651. The van der Waals surface area contributed by atoms with Gasteiger partial charge in [0.05, 0.1) is 16.6 Å². The molecule has 0 bridgehead atoms. The summed E-state index contributed by atoms with van der Waals surface area (Å²) in [5.74, 6) is -0.806. The molecule has 0 saturated carbocycles. The van der Waals surface area contributed by atoms with E-state index in [1.165, 1.54) is 12.1 Å². The lowest BCUT2D eigenvalue weighted by atomic mass is 10.1. The Kier molecular flexibility index (Phi) is 6.77. The zero-order valence-electron chi connectivity index (χ0n) is 15.8. The second-order valence-electron chi connectivity index (χ2n) is 6.56. The van der Waals surface area contributed by atoms with E-state index in [9.17, 15) is 22.4 Å². The monoisotopic (exact) mass is 453 g/mol. The Bertz CT molecular complexity index is 1060. The Morgan fingerprint density at radius 2 is 1.84 bits per heavy atom. The van der Waals surface area contributed by atoms with E-state index in [0.29, 0.717) is 11.9 Å². The average molecular weight is 454 g/mol. The first kappa shape index (κ1) is 22.5. The number of hydrogen-bond donors (Lipinski definition) is 2. The number of nitrogens with one attached hydrogen (secondary N) is 1. The number of pyridine rings is 1. The first-order valence-electron chi connectivity index (χ1n) is 8.93. The molecule has 1 aromatic heterocycles. The molecule has 1 atom stereocenters. The number of hydrogen-bond acceptors (Lipinski definition) is 4. The molecule has 1 heterocycles. The summed E-state index contributed by atoms with van der Waals surface area (Å²) in [7, 11) is 0. The lowest BCUT2D eigenvalue weighted by Crippen LogP contribution is -2.37. The van der Waals surface area contributed by atoms with E-state index in [2.05, 4.69) is 10.3 Å². The first-order valence-corrected chi connectivity index (χ1v) is 9.31. The molecule has 0 saturated heterocycles. The molecule has 5 nitrogen and oxygen atoms in total. The Morgan fingerprint density at radius 3 is 2.42 bits per heavy atom. The summed E-state index contributed by atoms with van der Waals surface area (Å²) < 4.78 is 56.6. The van der Waals surface area contributed by atoms with Crippen molar-refractivity contribution in [2.24, 2.45) is 5.73 Å². The molecule has 10 heteroatoms. The molecule has 3 rings (SSSR count). The van der Waals surface area contributed by atoms with Gasteiger partial charge >= 0.3 is 6.18 Å². The summed E-state index contributed by atoms with van der Waals surface area (Å²) in [6, 6.07) is 11.4. The topological polar surface area (TPSA) is 77.2 Å². The molecule has 162 valence electrons. The van der Waals surface area contributed by atoms with Gasteiger partial charge in [0, 0.05) is 18.0 Å². The molecule has 3 aromatic rings. The molecular weight excluding hydrogens is 438 g/mol. The third-order valence-corrected chi connectivity index (χ3v) is 4.50. The number of alkyl halides is 3. The fourth-order valence-electron chi connectivity index (χ4n) is 2.58. The molecule has 0 aliphatic carbocycles. The summed E-state index contributed by atoms with van der Waals surface area (Å²) in [6.07, 6.45) is -3.59. The van der Waals surface area contributed by atoms with Crippen LogP contribution in [-0.2, 0) is 17.4 Å². The molecule has 1 amide bonds. The van der Waals surface area contributed by atoms with Gasteiger partial charge in [-0.2, -0.15) is 13.2 Å². The van der Waals surface area contributed by atoms with Crippen molar-refractivity contribution < 1.29 is 27.1 Å². The van der Waals surface area contributed by atoms with Gasteiger partial charge in [-0.05, 0) is 48.4 Å². The number of ether oxygens (including phenoxy) is 1. The van der Waals surface area contributed by atoms with Crippen molar-refractivity contribution in [3.63, 3.8) is 0 Å². The number of benzene rings is 2. The Labute approximate surface area is 179 Å². The third kappa shape index (κ3) is 6.16. The van der Waals surface area contributed by atoms with Crippen LogP contribution in [-0.4, -0.2) is 16.9 Å². The largest absolute Gasteiger partial charge is 0.439 e. The second-order valence-corrected chi connectivity index (χ2v) is 6.96. The maximum atomic E-state index is 13.5. The smallest absolute Gasteiger partial charge is 0.417 e. The van der Waals surface area contributed by atoms with Crippen LogP contribution in [0.1, 0.15) is 11.1 Å². The Balaban J connectivity index is 1.57. The summed E-state index contributed by atoms with van der Waals surface area (Å²) in [5.41, 5.74) is 5.99. The van der Waals surface area contributed by atoms with E-state index >= 15 is 0 Å². The molecule has 0 fully saturated rings. The molecule has 0 aliphatic rings. The molecule has 0 radical (unpaired) electrons. The van der Waals surface area contributed by atoms with E-state index in [4.69, 9.17) is 22.1 Å². The van der Waals surface area contributed by atoms with Crippen LogP contribution in [0.5, 0.6) is 11.6 Å². The highest BCUT2D eigenvalue weighted by atomic mass is 35.5. The SMILES string of the molecule is N[C@@H](Cc1ccc(Oc2ccc(C(F)(F)F)cn2)cc1)C(=O)Nc1ccc(Cl)c(F)c1. The van der Waals surface area contributed by atoms with E-state index in [0.717, 1.165) is 23.8 Å². The fraction of sp³-hybridized carbons (Fsp3) is 0.143. The number of amides is 1. The fourth-order valence-corrected chi connectivity index (χ4v) is 2.70. The zero-order valence-corrected chi connectivity index (χ0v) is 16.5. The maximum absolute atomic E-state index is 13.5. The number of anilines is 1. The highest BCUT2D eigenvalue weighted by molar-refractivity contribution is 6.30. The van der Waals surface area contributed by atoms with Crippen molar-refractivity contribution in [3.05, 3.63) is 82.8 Å². The summed E-state index contributed by atoms with van der Waals surface area (Å²) >= 11 is 5.60. The van der Waals surface area contributed by atoms with Crippen molar-refractivity contribution in [2.75, 3.05) is 5.32 Å². The quantitative estimate of drug-likeness (QED) is 0.503. The number of rotatable bonds is 6. The number of nitrogens with zero attached hydrogens (tertiary/aromatic N) is 1. The predicted molar refractivity (Wildman–Crippen MR) is 107 cm³/mol. The molecule has 0 unspecified atom stereocenters. The molecule has 0 spiro atoms. The normalized spacial score (nSPS) is 12.3. The lowest BCUT2D eigenvalue weighted by Gasteiger charge is -2.13. The van der Waals surface area contributed by atoms with Crippen LogP contribution >= 0.6 is 11.6 Å². The van der Waals surface area contributed by atoms with Gasteiger partial charge in [0.25, 0.3) is 0 Å². The maximum Gasteiger partial charge on any atom is 0.417 e. The molecule has 3 N–H and O–H groups in total. The number of aromatic nitrogens is 1. The van der Waals surface area contributed by atoms with Gasteiger partial charge in [-0.3, -0.25) is 4.79 Å². The number of carbonyl (C=O) groups excluding carboxylic acids is 1. The summed E-state index contributed by atoms with van der Waals surface area (Å²) in [6.45, 7) is 0. The van der Waals surface area contributed by atoms with Gasteiger partial charge in [-0.1, -0.05) is 23.7 Å². The van der Waals surface area contributed by atoms with Gasteiger partial charge in [0.2, 0.25) is 11.8 Å². The van der Waals surface area contributed by atoms with E-state index in [1.54, 1.807) is 24.3 Å². The summed E-state index contributed by atoms with van der Waals surface area (Å²) in [4.78, 5) is 15.9. The van der Waals surface area contributed by atoms with Crippen LogP contribution in [0.4, 0.5) is 23.2 Å². The van der Waals surface area contributed by atoms with Crippen LogP contribution in [0.3, 0.4) is 0 Å². The van der Waals surface area contributed by atoms with Crippen LogP contribution in [0.15, 0.2) is 60.8 Å². The number of carbonyl (C=O) groups is 1.